The number of nitrogens with one attached hydrogen (secondary N) is 3. The number of phenolic OH excluding ortho intramolecular Hbond substituents is 1. The molecule has 1 fully saturated rings. The molecule has 4 N–H and O–H groups in total. The van der Waals surface area contributed by atoms with Crippen LogP contribution in [-0.2, 0) is 0 Å². The van der Waals surface area contributed by atoms with Crippen molar-refractivity contribution in [2.75, 3.05) is 5.32 Å². The van der Waals surface area contributed by atoms with Crippen LogP contribution < -0.4 is 10.9 Å². The first-order valence-corrected chi connectivity index (χ1v) is 7.52. The van der Waals surface area contributed by atoms with E-state index in [-0.39, 0.29) is 30.0 Å². The average molecular weight is 313 g/mol. The van der Waals surface area contributed by atoms with Gasteiger partial charge in [-0.25, -0.2) is 0 Å². The highest BCUT2D eigenvalue weighted by Crippen LogP contribution is 2.26. The Morgan fingerprint density at radius 3 is 2.61 bits per heavy atom. The van der Waals surface area contributed by atoms with Crippen molar-refractivity contribution in [3.05, 3.63) is 58.0 Å². The third-order valence-corrected chi connectivity index (χ3v) is 4.10. The maximum Gasteiger partial charge on any atom is 0.259 e. The van der Waals surface area contributed by atoms with E-state index in [0.29, 0.717) is 17.3 Å². The first-order valence-electron chi connectivity index (χ1n) is 7.52. The fourth-order valence-corrected chi connectivity index (χ4v) is 2.96. The van der Waals surface area contributed by atoms with Crippen LogP contribution in [0.1, 0.15) is 44.2 Å². The van der Waals surface area contributed by atoms with Crippen LogP contribution in [0, 0.1) is 5.41 Å². The second-order valence-electron chi connectivity index (χ2n) is 5.61. The molecule has 0 unspecified atom stereocenters. The molecule has 1 aromatic carbocycles. The summed E-state index contributed by atoms with van der Waals surface area (Å²) in [4.78, 5) is 14.8. The summed E-state index contributed by atoms with van der Waals surface area (Å²) in [5.74, 6) is 0.00238. The molecule has 0 aliphatic heterocycles. The van der Waals surface area contributed by atoms with Crippen LogP contribution in [0.25, 0.3) is 0 Å². The minimum Gasteiger partial charge on any atom is -0.507 e. The van der Waals surface area contributed by atoms with Gasteiger partial charge in [-0.05, 0) is 31.0 Å². The van der Waals surface area contributed by atoms with Gasteiger partial charge >= 0.3 is 0 Å². The van der Waals surface area contributed by atoms with Crippen LogP contribution >= 0.6 is 0 Å². The number of phenols is 1. The van der Waals surface area contributed by atoms with E-state index in [4.69, 9.17) is 5.41 Å². The monoisotopic (exact) mass is 313 g/mol. The number of aromatic amines is 1. The van der Waals surface area contributed by atoms with Gasteiger partial charge in [-0.15, -0.1) is 0 Å². The summed E-state index contributed by atoms with van der Waals surface area (Å²) in [6.45, 7) is 0. The van der Waals surface area contributed by atoms with E-state index in [1.807, 2.05) is 0 Å². The fraction of sp³-hybridized carbons (Fsp3) is 0.333. The average Bonchev–Trinajstić information content (AvgIpc) is 3.00. The van der Waals surface area contributed by atoms with Gasteiger partial charge in [0.05, 0.1) is 17.0 Å². The Labute approximate surface area is 135 Å². The van der Waals surface area contributed by atoms with Crippen molar-refractivity contribution >= 4 is 11.4 Å². The van der Waals surface area contributed by atoms with Gasteiger partial charge in [0.15, 0.2) is 0 Å². The lowest BCUT2D eigenvalue weighted by molar-refractivity contribution is 0.474. The number of aromatic nitrogens is 1. The Balaban J connectivity index is 0.00000192. The second-order valence-corrected chi connectivity index (χ2v) is 5.61. The number of hydrogen-bond donors (Lipinski definition) is 4. The zero-order valence-corrected chi connectivity index (χ0v) is 12.2. The van der Waals surface area contributed by atoms with Crippen LogP contribution in [0.4, 0.5) is 5.69 Å². The highest BCUT2D eigenvalue weighted by Gasteiger charge is 2.20. The molecule has 5 heteroatoms. The SMILES string of the molecule is C.N=C(c1ccccc1O)c1c(NC2CCCC2)cc[nH]c1=O. The number of anilines is 1. The summed E-state index contributed by atoms with van der Waals surface area (Å²) in [5, 5.41) is 21.7. The van der Waals surface area contributed by atoms with Gasteiger partial charge in [0.2, 0.25) is 0 Å². The Bertz CT molecular complexity index is 746. The summed E-state index contributed by atoms with van der Waals surface area (Å²) >= 11 is 0. The van der Waals surface area contributed by atoms with Crippen LogP contribution in [0.5, 0.6) is 5.75 Å². The van der Waals surface area contributed by atoms with Gasteiger partial charge in [-0.1, -0.05) is 32.4 Å². The van der Waals surface area contributed by atoms with Crippen molar-refractivity contribution in [2.24, 2.45) is 0 Å². The molecule has 1 aliphatic carbocycles. The third kappa shape index (κ3) is 3.44. The van der Waals surface area contributed by atoms with Crippen LogP contribution in [0.2, 0.25) is 0 Å². The van der Waals surface area contributed by atoms with Gasteiger partial charge in [0.1, 0.15) is 5.75 Å². The van der Waals surface area contributed by atoms with E-state index in [1.54, 1.807) is 30.5 Å². The number of aromatic hydroxyl groups is 1. The molecule has 5 nitrogen and oxygen atoms in total. The van der Waals surface area contributed by atoms with Crippen molar-refractivity contribution in [1.82, 2.24) is 4.98 Å². The van der Waals surface area contributed by atoms with Gasteiger partial charge in [0, 0.05) is 17.8 Å². The number of pyridine rings is 1. The molecule has 2 aromatic rings. The van der Waals surface area contributed by atoms with Crippen molar-refractivity contribution in [2.45, 2.75) is 39.2 Å². The molecule has 0 amide bonds. The Hall–Kier alpha value is -2.56. The van der Waals surface area contributed by atoms with E-state index < -0.39 is 0 Å². The molecule has 1 heterocycles. The van der Waals surface area contributed by atoms with Crippen molar-refractivity contribution in [3.63, 3.8) is 0 Å². The van der Waals surface area contributed by atoms with E-state index in [1.165, 1.54) is 18.9 Å². The standard InChI is InChI=1S/C17H19N3O2.CH4/c18-16(12-7-3-4-8-14(12)21)15-13(9-10-19-17(15)22)20-11-5-1-2-6-11;/h3-4,7-11,18,21H,1-2,5-6H2,(H2,19,20,22);1H4. The lowest BCUT2D eigenvalue weighted by Crippen LogP contribution is -2.24. The number of H-pyrrole nitrogens is 1. The van der Waals surface area contributed by atoms with Crippen LogP contribution in [0.15, 0.2) is 41.3 Å². The minimum absolute atomic E-state index is 0. The molecule has 23 heavy (non-hydrogen) atoms. The molecular formula is C18H23N3O2. The van der Waals surface area contributed by atoms with Gasteiger partial charge in [0.25, 0.3) is 5.56 Å². The van der Waals surface area contributed by atoms with E-state index in [2.05, 4.69) is 10.3 Å². The highest BCUT2D eigenvalue weighted by atomic mass is 16.3. The Morgan fingerprint density at radius 1 is 1.22 bits per heavy atom. The summed E-state index contributed by atoms with van der Waals surface area (Å²) < 4.78 is 0. The van der Waals surface area contributed by atoms with Crippen molar-refractivity contribution < 1.29 is 5.11 Å². The quantitative estimate of drug-likeness (QED) is 0.651. The van der Waals surface area contributed by atoms with E-state index >= 15 is 0 Å². The molecule has 1 aliphatic rings. The topological polar surface area (TPSA) is 89.0 Å². The lowest BCUT2D eigenvalue weighted by Gasteiger charge is -2.17. The van der Waals surface area contributed by atoms with Gasteiger partial charge < -0.3 is 15.4 Å². The molecule has 0 radical (unpaired) electrons. The van der Waals surface area contributed by atoms with Gasteiger partial charge in [-0.2, -0.15) is 0 Å². The number of para-hydroxylation sites is 1. The van der Waals surface area contributed by atoms with E-state index in [9.17, 15) is 9.90 Å². The molecule has 0 bridgehead atoms. The predicted octanol–water partition coefficient (Wildman–Crippen LogP) is 3.49. The first-order chi connectivity index (χ1) is 10.7. The second kappa shape index (κ2) is 7.13. The number of benzene rings is 1. The summed E-state index contributed by atoms with van der Waals surface area (Å²) in [7, 11) is 0. The third-order valence-electron chi connectivity index (χ3n) is 4.10. The molecule has 1 saturated carbocycles. The molecular weight excluding hydrogens is 290 g/mol. The largest absolute Gasteiger partial charge is 0.507 e. The van der Waals surface area contributed by atoms with Crippen molar-refractivity contribution in [3.8, 4) is 5.75 Å². The summed E-state index contributed by atoms with van der Waals surface area (Å²) in [6, 6.07) is 8.72. The summed E-state index contributed by atoms with van der Waals surface area (Å²) in [5.41, 5.74) is 0.991. The fourth-order valence-electron chi connectivity index (χ4n) is 2.96. The normalized spacial score (nSPS) is 14.3. The lowest BCUT2D eigenvalue weighted by atomic mass is 10.0. The molecule has 1 aromatic heterocycles. The molecule has 0 spiro atoms. The Kier molecular flexibility index (Phi) is 5.21. The highest BCUT2D eigenvalue weighted by molar-refractivity contribution is 6.15. The molecule has 0 saturated heterocycles. The summed E-state index contributed by atoms with van der Waals surface area (Å²) in [6.07, 6.45) is 6.12. The van der Waals surface area contributed by atoms with E-state index in [0.717, 1.165) is 12.8 Å². The Morgan fingerprint density at radius 2 is 1.91 bits per heavy atom. The van der Waals surface area contributed by atoms with Crippen LogP contribution in [-0.4, -0.2) is 21.8 Å². The smallest absolute Gasteiger partial charge is 0.259 e. The van der Waals surface area contributed by atoms with Crippen LogP contribution in [0.3, 0.4) is 0 Å². The zero-order chi connectivity index (χ0) is 15.5. The van der Waals surface area contributed by atoms with Crippen molar-refractivity contribution in [1.29, 1.82) is 5.41 Å². The number of hydrogen-bond acceptors (Lipinski definition) is 4. The minimum atomic E-state index is -0.323. The van der Waals surface area contributed by atoms with Gasteiger partial charge in [-0.3, -0.25) is 10.2 Å². The number of rotatable bonds is 4. The molecule has 122 valence electrons. The zero-order valence-electron chi connectivity index (χ0n) is 12.2. The maximum absolute atomic E-state index is 12.2. The first kappa shape index (κ1) is 16.8. The maximum atomic E-state index is 12.2. The molecule has 3 rings (SSSR count). The molecule has 0 atom stereocenters. The predicted molar refractivity (Wildman–Crippen MR) is 93.7 cm³/mol.